The van der Waals surface area contributed by atoms with Crippen LogP contribution in [-0.2, 0) is 0 Å². The first kappa shape index (κ1) is 17.1. The summed E-state index contributed by atoms with van der Waals surface area (Å²) in [6.07, 6.45) is 3.65. The number of hydrogen-bond donors (Lipinski definition) is 0. The molecule has 0 aliphatic heterocycles. The smallest absolute Gasteiger partial charge is 0.343 e. The Balaban J connectivity index is -0.0000000910. The summed E-state index contributed by atoms with van der Waals surface area (Å²) in [6.45, 7) is 5.85. The average molecular weight is 162 g/mol. The van der Waals surface area contributed by atoms with E-state index in [0.717, 1.165) is 6.42 Å². The molecule has 5 heteroatoms. The summed E-state index contributed by atoms with van der Waals surface area (Å²) < 4.78 is 29.0. The Bertz CT molecular complexity index is 41.1. The van der Waals surface area contributed by atoms with Gasteiger partial charge in [0.25, 0.3) is 0 Å². The van der Waals surface area contributed by atoms with Gasteiger partial charge in [-0.3, -0.25) is 12.9 Å². The maximum absolute atomic E-state index is 9.67. The number of unbranched alkanes of at least 4 members (excludes halogenated alkanes) is 2. The second-order valence-corrected chi connectivity index (χ2v) is 1.45. The van der Waals surface area contributed by atoms with Crippen molar-refractivity contribution in [2.24, 2.45) is 0 Å². The molecule has 0 saturated heterocycles. The zero-order valence-corrected chi connectivity index (χ0v) is 8.54. The predicted molar refractivity (Wildman–Crippen MR) is 34.0 cm³/mol. The van der Waals surface area contributed by atoms with Crippen molar-refractivity contribution in [2.45, 2.75) is 26.2 Å². The standard InChI is InChI=1S/C5H11.BF3.Na/c1-3-5-4-2;2-1(3)4;/h1,3-5H2,2H3;;/q-1;;+1. The van der Waals surface area contributed by atoms with Gasteiger partial charge in [-0.15, -0.1) is 0 Å². The first-order valence-corrected chi connectivity index (χ1v) is 2.86. The molecule has 0 radical (unpaired) electrons. The molecule has 56 valence electrons. The molecule has 0 fully saturated rings. The van der Waals surface area contributed by atoms with Gasteiger partial charge in [0.15, 0.2) is 0 Å². The van der Waals surface area contributed by atoms with E-state index in [9.17, 15) is 12.9 Å². The van der Waals surface area contributed by atoms with Gasteiger partial charge in [-0.2, -0.15) is 6.42 Å². The monoisotopic (exact) mass is 162 g/mol. The van der Waals surface area contributed by atoms with Gasteiger partial charge in [0.05, 0.1) is 0 Å². The van der Waals surface area contributed by atoms with Crippen molar-refractivity contribution in [1.82, 2.24) is 0 Å². The normalized spacial score (nSPS) is 6.90. The minimum atomic E-state index is -3.67. The van der Waals surface area contributed by atoms with Crippen molar-refractivity contribution in [3.63, 3.8) is 0 Å². The van der Waals surface area contributed by atoms with Gasteiger partial charge in [0.2, 0.25) is 0 Å². The SMILES string of the molecule is FB(F)F.[CH2-]CCCC.[Na+]. The molecule has 0 spiro atoms. The molecular weight excluding hydrogens is 151 g/mol. The molecule has 0 aliphatic rings. The summed E-state index contributed by atoms with van der Waals surface area (Å²) in [4.78, 5) is 0. The van der Waals surface area contributed by atoms with E-state index in [-0.39, 0.29) is 29.6 Å². The Morgan fingerprint density at radius 1 is 1.30 bits per heavy atom. The van der Waals surface area contributed by atoms with Crippen LogP contribution in [0.15, 0.2) is 0 Å². The van der Waals surface area contributed by atoms with Crippen molar-refractivity contribution in [3.05, 3.63) is 6.92 Å². The van der Waals surface area contributed by atoms with Crippen LogP contribution in [0.2, 0.25) is 0 Å². The zero-order chi connectivity index (χ0) is 7.70. The number of halogens is 3. The van der Waals surface area contributed by atoms with Crippen LogP contribution in [-0.4, -0.2) is 7.54 Å². The van der Waals surface area contributed by atoms with E-state index in [1.54, 1.807) is 0 Å². The van der Waals surface area contributed by atoms with Gasteiger partial charge in [-0.05, 0) is 0 Å². The van der Waals surface area contributed by atoms with E-state index < -0.39 is 7.54 Å². The van der Waals surface area contributed by atoms with Gasteiger partial charge < -0.3 is 6.92 Å². The molecule has 0 aromatic rings. The van der Waals surface area contributed by atoms with Gasteiger partial charge in [0.1, 0.15) is 0 Å². The molecule has 0 bridgehead atoms. The minimum Gasteiger partial charge on any atom is -0.343 e. The van der Waals surface area contributed by atoms with Gasteiger partial charge in [-0.1, -0.05) is 19.8 Å². The summed E-state index contributed by atoms with van der Waals surface area (Å²) in [5.41, 5.74) is 0. The van der Waals surface area contributed by atoms with E-state index in [1.807, 2.05) is 0 Å². The van der Waals surface area contributed by atoms with Crippen LogP contribution in [0.4, 0.5) is 12.9 Å². The van der Waals surface area contributed by atoms with Crippen LogP contribution in [0.3, 0.4) is 0 Å². The Morgan fingerprint density at radius 3 is 1.60 bits per heavy atom. The van der Waals surface area contributed by atoms with E-state index in [0.29, 0.717) is 0 Å². The van der Waals surface area contributed by atoms with Crippen LogP contribution in [0, 0.1) is 6.92 Å². The Kier molecular flexibility index (Phi) is 28.1. The van der Waals surface area contributed by atoms with E-state index in [2.05, 4.69) is 13.8 Å². The van der Waals surface area contributed by atoms with Crippen molar-refractivity contribution in [1.29, 1.82) is 0 Å². The Hall–Kier alpha value is 0.855. The number of rotatable bonds is 2. The first-order chi connectivity index (χ1) is 4.15. The second kappa shape index (κ2) is 16.4. The first-order valence-electron chi connectivity index (χ1n) is 2.86. The molecule has 0 amide bonds. The molecule has 0 aromatic carbocycles. The topological polar surface area (TPSA) is 0 Å². The van der Waals surface area contributed by atoms with Gasteiger partial charge in [0, 0.05) is 0 Å². The second-order valence-electron chi connectivity index (χ2n) is 1.45. The van der Waals surface area contributed by atoms with Crippen molar-refractivity contribution < 1.29 is 42.5 Å². The zero-order valence-electron chi connectivity index (χ0n) is 6.54. The molecular formula is C5H11BF3Na. The minimum absolute atomic E-state index is 0. The molecule has 0 nitrogen and oxygen atoms in total. The fraction of sp³-hybridized carbons (Fsp3) is 0.800. The molecule has 0 aliphatic carbocycles. The molecule has 0 unspecified atom stereocenters. The molecule has 10 heavy (non-hydrogen) atoms. The van der Waals surface area contributed by atoms with Gasteiger partial charge >= 0.3 is 37.1 Å². The third-order valence-corrected chi connectivity index (χ3v) is 0.604. The molecule has 0 saturated carbocycles. The summed E-state index contributed by atoms with van der Waals surface area (Å²) in [5.74, 6) is 0. The van der Waals surface area contributed by atoms with Crippen LogP contribution in [0.25, 0.3) is 0 Å². The Labute approximate surface area is 83.1 Å². The number of hydrogen-bond acceptors (Lipinski definition) is 0. The van der Waals surface area contributed by atoms with Crippen LogP contribution < -0.4 is 29.6 Å². The molecule has 0 rings (SSSR count). The van der Waals surface area contributed by atoms with Gasteiger partial charge in [-0.25, -0.2) is 0 Å². The van der Waals surface area contributed by atoms with E-state index in [1.165, 1.54) is 12.8 Å². The third-order valence-electron chi connectivity index (χ3n) is 0.604. The Morgan fingerprint density at radius 2 is 1.60 bits per heavy atom. The summed E-state index contributed by atoms with van der Waals surface area (Å²) >= 11 is 0. The average Bonchev–Trinajstić information content (AvgIpc) is 1.66. The summed E-state index contributed by atoms with van der Waals surface area (Å²) in [5, 5.41) is 0. The van der Waals surface area contributed by atoms with Crippen molar-refractivity contribution >= 4 is 7.54 Å². The molecule has 0 heterocycles. The third kappa shape index (κ3) is 67.0. The summed E-state index contributed by atoms with van der Waals surface area (Å²) in [7, 11) is -3.67. The molecule has 0 aromatic heterocycles. The molecule has 0 N–H and O–H groups in total. The largest absolute Gasteiger partial charge is 1.00 e. The van der Waals surface area contributed by atoms with Crippen LogP contribution in [0.5, 0.6) is 0 Å². The van der Waals surface area contributed by atoms with E-state index in [4.69, 9.17) is 0 Å². The fourth-order valence-electron chi connectivity index (χ4n) is 0.250. The molecule has 0 atom stereocenters. The summed E-state index contributed by atoms with van der Waals surface area (Å²) in [6, 6.07) is 0. The van der Waals surface area contributed by atoms with Crippen molar-refractivity contribution in [3.8, 4) is 0 Å². The maximum Gasteiger partial charge on any atom is 1.00 e. The van der Waals surface area contributed by atoms with E-state index >= 15 is 0 Å². The quantitative estimate of drug-likeness (QED) is 0.392. The predicted octanol–water partition coefficient (Wildman–Crippen LogP) is -0.106. The fourth-order valence-corrected chi connectivity index (χ4v) is 0.250. The van der Waals surface area contributed by atoms with Crippen molar-refractivity contribution in [2.75, 3.05) is 0 Å². The van der Waals surface area contributed by atoms with Crippen LogP contribution >= 0.6 is 0 Å². The maximum atomic E-state index is 9.67. The van der Waals surface area contributed by atoms with Crippen LogP contribution in [0.1, 0.15) is 26.2 Å².